The topological polar surface area (TPSA) is 46.2 Å². The molecule has 0 aliphatic heterocycles. The number of sulfonamides is 1. The molecule has 0 aliphatic rings. The minimum absolute atomic E-state index is 0.0226. The van der Waals surface area contributed by atoms with Gasteiger partial charge in [0.15, 0.2) is 0 Å². The van der Waals surface area contributed by atoms with E-state index in [1.807, 2.05) is 0 Å². The van der Waals surface area contributed by atoms with Crippen molar-refractivity contribution in [1.82, 2.24) is 0 Å². The van der Waals surface area contributed by atoms with Crippen LogP contribution in [-0.4, -0.2) is 8.42 Å². The van der Waals surface area contributed by atoms with Gasteiger partial charge in [-0.2, -0.15) is 25.8 Å². The Kier molecular flexibility index (Phi) is 4.95. The largest absolute Gasteiger partial charge is 0.416 e. The molecule has 3 nitrogen and oxygen atoms in total. The molecule has 0 radical (unpaired) electrons. The Morgan fingerprint density at radius 3 is 2.22 bits per heavy atom. The Morgan fingerprint density at radius 2 is 1.70 bits per heavy atom. The molecule has 1 N–H and O–H groups in total. The lowest BCUT2D eigenvalue weighted by Crippen LogP contribution is -2.15. The summed E-state index contributed by atoms with van der Waals surface area (Å²) in [6.07, 6.45) is -4.56. The van der Waals surface area contributed by atoms with Gasteiger partial charge < -0.3 is 0 Å². The van der Waals surface area contributed by atoms with Gasteiger partial charge in [0.05, 0.1) is 16.1 Å². The van der Waals surface area contributed by atoms with Crippen molar-refractivity contribution in [2.24, 2.45) is 0 Å². The predicted octanol–water partition coefficient (Wildman–Crippen LogP) is 4.24. The third-order valence-electron chi connectivity index (χ3n) is 3.18. The first kappa shape index (κ1) is 17.7. The second-order valence-corrected chi connectivity index (χ2v) is 6.94. The number of thiol groups is 1. The molecule has 0 atom stereocenters. The van der Waals surface area contributed by atoms with Crippen LogP contribution in [0, 0.1) is 6.92 Å². The van der Waals surface area contributed by atoms with Crippen LogP contribution in [0.1, 0.15) is 16.7 Å². The third-order valence-corrected chi connectivity index (χ3v) is 4.91. The lowest BCUT2D eigenvalue weighted by Gasteiger charge is -2.15. The smallest absolute Gasteiger partial charge is 0.279 e. The van der Waals surface area contributed by atoms with E-state index in [2.05, 4.69) is 17.4 Å². The van der Waals surface area contributed by atoms with E-state index in [0.29, 0.717) is 5.56 Å². The lowest BCUT2D eigenvalue weighted by atomic mass is 10.1. The van der Waals surface area contributed by atoms with Crippen molar-refractivity contribution in [3.8, 4) is 0 Å². The van der Waals surface area contributed by atoms with Crippen molar-refractivity contribution >= 4 is 28.3 Å². The lowest BCUT2D eigenvalue weighted by molar-refractivity contribution is -0.137. The first-order valence-electron chi connectivity index (χ1n) is 6.54. The minimum Gasteiger partial charge on any atom is -0.279 e. The first-order chi connectivity index (χ1) is 10.6. The molecule has 0 aliphatic carbocycles. The summed E-state index contributed by atoms with van der Waals surface area (Å²) in [6, 6.07) is 8.90. The highest BCUT2D eigenvalue weighted by Gasteiger charge is 2.31. The number of halogens is 3. The average Bonchev–Trinajstić information content (AvgIpc) is 2.46. The van der Waals surface area contributed by atoms with E-state index in [1.54, 1.807) is 19.1 Å². The SMILES string of the molecule is Cc1ccc(S(=O)(=O)Nc2cc(C(F)(F)F)ccc2CS)cc1. The monoisotopic (exact) mass is 361 g/mol. The number of benzene rings is 2. The molecule has 0 spiro atoms. The molecular weight excluding hydrogens is 347 g/mol. The second kappa shape index (κ2) is 6.45. The summed E-state index contributed by atoms with van der Waals surface area (Å²) in [7, 11) is -3.98. The van der Waals surface area contributed by atoms with Gasteiger partial charge in [-0.1, -0.05) is 23.8 Å². The fourth-order valence-corrected chi connectivity index (χ4v) is 3.27. The summed E-state index contributed by atoms with van der Waals surface area (Å²) in [4.78, 5) is -0.0226. The summed E-state index contributed by atoms with van der Waals surface area (Å²) in [5.74, 6) is 0.101. The normalized spacial score (nSPS) is 12.2. The summed E-state index contributed by atoms with van der Waals surface area (Å²) in [5.41, 5.74) is 0.177. The molecule has 8 heteroatoms. The van der Waals surface area contributed by atoms with Crippen LogP contribution < -0.4 is 4.72 Å². The van der Waals surface area contributed by atoms with Crippen LogP contribution in [0.15, 0.2) is 47.4 Å². The maximum Gasteiger partial charge on any atom is 0.416 e. The van der Waals surface area contributed by atoms with Gasteiger partial charge in [-0.15, -0.1) is 0 Å². The summed E-state index contributed by atoms with van der Waals surface area (Å²) < 4.78 is 65.3. The summed E-state index contributed by atoms with van der Waals surface area (Å²) >= 11 is 4.02. The van der Waals surface area contributed by atoms with Gasteiger partial charge in [-0.25, -0.2) is 8.42 Å². The molecule has 0 fully saturated rings. The number of rotatable bonds is 4. The number of hydrogen-bond acceptors (Lipinski definition) is 3. The molecule has 0 aromatic heterocycles. The molecule has 0 heterocycles. The second-order valence-electron chi connectivity index (χ2n) is 4.95. The fraction of sp³-hybridized carbons (Fsp3) is 0.200. The zero-order valence-electron chi connectivity index (χ0n) is 12.1. The number of aryl methyl sites for hydroxylation is 1. The molecule has 0 unspecified atom stereocenters. The zero-order valence-corrected chi connectivity index (χ0v) is 13.8. The molecular formula is C15H14F3NO2S2. The molecule has 0 saturated heterocycles. The molecule has 2 rings (SSSR count). The minimum atomic E-state index is -4.56. The van der Waals surface area contributed by atoms with Gasteiger partial charge in [-0.3, -0.25) is 4.72 Å². The van der Waals surface area contributed by atoms with Crippen LogP contribution in [0.5, 0.6) is 0 Å². The fourth-order valence-electron chi connectivity index (χ4n) is 1.91. The maximum atomic E-state index is 12.8. The van der Waals surface area contributed by atoms with Crippen molar-refractivity contribution in [2.45, 2.75) is 23.7 Å². The van der Waals surface area contributed by atoms with Crippen LogP contribution in [0.3, 0.4) is 0 Å². The van der Waals surface area contributed by atoms with E-state index in [0.717, 1.165) is 17.7 Å². The van der Waals surface area contributed by atoms with Crippen LogP contribution in [0.4, 0.5) is 18.9 Å². The van der Waals surface area contributed by atoms with E-state index < -0.39 is 21.8 Å². The van der Waals surface area contributed by atoms with E-state index >= 15 is 0 Å². The van der Waals surface area contributed by atoms with Crippen molar-refractivity contribution in [3.05, 3.63) is 59.2 Å². The Balaban J connectivity index is 2.43. The van der Waals surface area contributed by atoms with Crippen molar-refractivity contribution in [2.75, 3.05) is 4.72 Å². The van der Waals surface area contributed by atoms with Gasteiger partial charge in [-0.05, 0) is 36.8 Å². The third kappa shape index (κ3) is 4.20. The van der Waals surface area contributed by atoms with Crippen molar-refractivity contribution in [1.29, 1.82) is 0 Å². The van der Waals surface area contributed by atoms with E-state index in [9.17, 15) is 21.6 Å². The van der Waals surface area contributed by atoms with Gasteiger partial charge in [0.2, 0.25) is 0 Å². The van der Waals surface area contributed by atoms with Crippen LogP contribution in [0.25, 0.3) is 0 Å². The Bertz CT molecular complexity index is 800. The predicted molar refractivity (Wildman–Crippen MR) is 86.1 cm³/mol. The zero-order chi connectivity index (χ0) is 17.3. The highest BCUT2D eigenvalue weighted by molar-refractivity contribution is 7.92. The van der Waals surface area contributed by atoms with E-state index in [4.69, 9.17) is 0 Å². The number of hydrogen-bond donors (Lipinski definition) is 2. The maximum absolute atomic E-state index is 12.8. The Labute approximate surface area is 138 Å². The van der Waals surface area contributed by atoms with Crippen LogP contribution >= 0.6 is 12.6 Å². The molecule has 23 heavy (non-hydrogen) atoms. The number of anilines is 1. The summed E-state index contributed by atoms with van der Waals surface area (Å²) in [5, 5.41) is 0. The Morgan fingerprint density at radius 1 is 1.09 bits per heavy atom. The molecule has 0 bridgehead atoms. The van der Waals surface area contributed by atoms with Gasteiger partial charge >= 0.3 is 6.18 Å². The van der Waals surface area contributed by atoms with E-state index in [-0.39, 0.29) is 16.3 Å². The quantitative estimate of drug-likeness (QED) is 0.800. The molecule has 2 aromatic rings. The molecule has 0 amide bonds. The Hall–Kier alpha value is -1.67. The van der Waals surface area contributed by atoms with E-state index in [1.165, 1.54) is 18.2 Å². The van der Waals surface area contributed by atoms with Gasteiger partial charge in [0.25, 0.3) is 10.0 Å². The van der Waals surface area contributed by atoms with Gasteiger partial charge in [0.1, 0.15) is 0 Å². The van der Waals surface area contributed by atoms with Crippen LogP contribution in [0.2, 0.25) is 0 Å². The molecule has 2 aromatic carbocycles. The number of nitrogens with one attached hydrogen (secondary N) is 1. The first-order valence-corrected chi connectivity index (χ1v) is 8.65. The highest BCUT2D eigenvalue weighted by Crippen LogP contribution is 2.33. The van der Waals surface area contributed by atoms with Crippen LogP contribution in [-0.2, 0) is 22.0 Å². The van der Waals surface area contributed by atoms with Crippen molar-refractivity contribution in [3.63, 3.8) is 0 Å². The highest BCUT2D eigenvalue weighted by atomic mass is 32.2. The average molecular weight is 361 g/mol. The standard InChI is InChI=1S/C15H14F3NO2S2/c1-10-2-6-13(7-3-10)23(20,21)19-14-8-12(15(16,17)18)5-4-11(14)9-22/h2-8,19,22H,9H2,1H3. The molecule has 124 valence electrons. The van der Waals surface area contributed by atoms with Gasteiger partial charge in [0, 0.05) is 5.75 Å². The van der Waals surface area contributed by atoms with Crippen molar-refractivity contribution < 1.29 is 21.6 Å². The number of alkyl halides is 3. The molecule has 0 saturated carbocycles. The summed E-state index contributed by atoms with van der Waals surface area (Å²) in [6.45, 7) is 1.80.